The number of likely N-dealkylation sites (N-methyl/N-ethyl adjacent to an activating group) is 1. The maximum atomic E-state index is 11.5. The lowest BCUT2D eigenvalue weighted by atomic mass is 10.4. The summed E-state index contributed by atoms with van der Waals surface area (Å²) in [4.78, 5) is 22.6. The highest BCUT2D eigenvalue weighted by molar-refractivity contribution is 7.09. The van der Waals surface area contributed by atoms with Gasteiger partial charge < -0.3 is 15.5 Å². The summed E-state index contributed by atoms with van der Waals surface area (Å²) < 4.78 is 0. The molecule has 7 heteroatoms. The molecule has 0 aliphatic heterocycles. The zero-order valence-corrected chi connectivity index (χ0v) is 12.7. The minimum absolute atomic E-state index is 0.0221. The van der Waals surface area contributed by atoms with Gasteiger partial charge in [-0.25, -0.2) is 9.98 Å². The van der Waals surface area contributed by atoms with E-state index in [0.29, 0.717) is 12.5 Å². The second-order valence-electron chi connectivity index (χ2n) is 4.20. The third-order valence-electron chi connectivity index (χ3n) is 2.48. The van der Waals surface area contributed by atoms with Gasteiger partial charge in [-0.2, -0.15) is 0 Å². The predicted octanol–water partition coefficient (Wildman–Crippen LogP) is 0.595. The Morgan fingerprint density at radius 3 is 2.74 bits per heavy atom. The minimum Gasteiger partial charge on any atom is -0.357 e. The van der Waals surface area contributed by atoms with Crippen LogP contribution in [-0.2, 0) is 11.3 Å². The van der Waals surface area contributed by atoms with E-state index in [1.165, 1.54) is 9.78 Å². The largest absolute Gasteiger partial charge is 0.357 e. The molecule has 1 rings (SSSR count). The molecule has 0 fully saturated rings. The van der Waals surface area contributed by atoms with Gasteiger partial charge in [0.15, 0.2) is 5.96 Å². The van der Waals surface area contributed by atoms with E-state index in [1.54, 1.807) is 25.4 Å². The Morgan fingerprint density at radius 1 is 1.47 bits per heavy atom. The van der Waals surface area contributed by atoms with Crippen LogP contribution in [0.5, 0.6) is 0 Å². The average Bonchev–Trinajstić information content (AvgIpc) is 2.78. The molecule has 0 radical (unpaired) electrons. The quantitative estimate of drug-likeness (QED) is 0.613. The molecule has 0 aliphatic rings. The van der Waals surface area contributed by atoms with Crippen LogP contribution in [0.1, 0.15) is 17.5 Å². The monoisotopic (exact) mass is 283 g/mol. The van der Waals surface area contributed by atoms with E-state index in [9.17, 15) is 4.79 Å². The zero-order valence-electron chi connectivity index (χ0n) is 11.9. The second-order valence-corrected chi connectivity index (χ2v) is 5.14. The van der Waals surface area contributed by atoms with Crippen LogP contribution < -0.4 is 10.6 Å². The molecule has 19 heavy (non-hydrogen) atoms. The van der Waals surface area contributed by atoms with Gasteiger partial charge >= 0.3 is 0 Å². The minimum atomic E-state index is -0.0221. The Bertz CT molecular complexity index is 441. The van der Waals surface area contributed by atoms with E-state index in [-0.39, 0.29) is 12.5 Å². The fraction of sp³-hybridized carbons (Fsp3) is 0.583. The molecule has 0 unspecified atom stereocenters. The lowest BCUT2D eigenvalue weighted by Crippen LogP contribution is -2.38. The Labute approximate surface area is 117 Å². The number of nitrogens with zero attached hydrogens (tertiary/aromatic N) is 3. The van der Waals surface area contributed by atoms with Crippen molar-refractivity contribution >= 4 is 23.2 Å². The maximum Gasteiger partial charge on any atom is 0.243 e. The molecule has 0 aliphatic carbocycles. The van der Waals surface area contributed by atoms with Crippen LogP contribution in [0.3, 0.4) is 0 Å². The lowest BCUT2D eigenvalue weighted by Gasteiger charge is -2.12. The number of rotatable bonds is 5. The molecule has 0 spiro atoms. The van der Waals surface area contributed by atoms with E-state index in [2.05, 4.69) is 20.6 Å². The highest BCUT2D eigenvalue weighted by Crippen LogP contribution is 2.10. The highest BCUT2D eigenvalue weighted by Gasteiger charge is 2.05. The first-order valence-corrected chi connectivity index (χ1v) is 7.03. The van der Waals surface area contributed by atoms with E-state index >= 15 is 0 Å². The number of hydrogen-bond donors (Lipinski definition) is 2. The van der Waals surface area contributed by atoms with E-state index in [4.69, 9.17) is 0 Å². The molecule has 106 valence electrons. The molecule has 1 aromatic heterocycles. The molecule has 1 amide bonds. The van der Waals surface area contributed by atoms with E-state index < -0.39 is 0 Å². The van der Waals surface area contributed by atoms with Crippen LogP contribution in [0.2, 0.25) is 0 Å². The average molecular weight is 283 g/mol. The molecule has 0 atom stereocenters. The summed E-state index contributed by atoms with van der Waals surface area (Å²) in [6.07, 6.45) is 0. The van der Waals surface area contributed by atoms with Crippen molar-refractivity contribution in [3.63, 3.8) is 0 Å². The highest BCUT2D eigenvalue weighted by atomic mass is 32.1. The third-order valence-corrected chi connectivity index (χ3v) is 3.41. The SMILES string of the molecule is CCNC(=NCC(=O)N(C)C)NCc1scnc1C. The summed E-state index contributed by atoms with van der Waals surface area (Å²) in [5.74, 6) is 0.622. The molecular formula is C12H21N5OS. The molecular weight excluding hydrogens is 262 g/mol. The van der Waals surface area contributed by atoms with Crippen LogP contribution in [0.25, 0.3) is 0 Å². The fourth-order valence-corrected chi connectivity index (χ4v) is 2.01. The first-order valence-electron chi connectivity index (χ1n) is 6.15. The lowest BCUT2D eigenvalue weighted by molar-refractivity contribution is -0.127. The first-order chi connectivity index (χ1) is 9.04. The number of thiazole rings is 1. The normalized spacial score (nSPS) is 11.3. The van der Waals surface area contributed by atoms with Crippen molar-refractivity contribution in [2.24, 2.45) is 4.99 Å². The summed E-state index contributed by atoms with van der Waals surface area (Å²) in [7, 11) is 3.44. The van der Waals surface area contributed by atoms with Gasteiger partial charge in [-0.05, 0) is 13.8 Å². The number of nitrogens with one attached hydrogen (secondary N) is 2. The van der Waals surface area contributed by atoms with Gasteiger partial charge in [0.25, 0.3) is 0 Å². The maximum absolute atomic E-state index is 11.5. The Kier molecular flexibility index (Phi) is 6.27. The second kappa shape index (κ2) is 7.73. The van der Waals surface area contributed by atoms with Crippen molar-refractivity contribution in [1.29, 1.82) is 0 Å². The standard InChI is InChI=1S/C12H21N5OS/c1-5-13-12(15-7-11(18)17(3)4)14-6-10-9(2)16-8-19-10/h8H,5-7H2,1-4H3,(H2,13,14,15). The van der Waals surface area contributed by atoms with Crippen molar-refractivity contribution < 1.29 is 4.79 Å². The zero-order chi connectivity index (χ0) is 14.3. The summed E-state index contributed by atoms with van der Waals surface area (Å²) >= 11 is 1.61. The number of carbonyl (C=O) groups is 1. The fourth-order valence-electron chi connectivity index (χ4n) is 1.29. The van der Waals surface area contributed by atoms with Crippen LogP contribution in [0, 0.1) is 6.92 Å². The predicted molar refractivity (Wildman–Crippen MR) is 78.4 cm³/mol. The van der Waals surface area contributed by atoms with Crippen LogP contribution >= 0.6 is 11.3 Å². The van der Waals surface area contributed by atoms with Crippen LogP contribution in [-0.4, -0.2) is 48.9 Å². The molecule has 0 aromatic carbocycles. The topological polar surface area (TPSA) is 69.6 Å². The smallest absolute Gasteiger partial charge is 0.243 e. The van der Waals surface area contributed by atoms with Crippen molar-refractivity contribution in [3.8, 4) is 0 Å². The Balaban J connectivity index is 2.55. The number of hydrogen-bond acceptors (Lipinski definition) is 4. The summed E-state index contributed by atoms with van der Waals surface area (Å²) in [6, 6.07) is 0. The van der Waals surface area contributed by atoms with Gasteiger partial charge in [-0.1, -0.05) is 0 Å². The molecule has 0 bridgehead atoms. The van der Waals surface area contributed by atoms with Gasteiger partial charge in [0.1, 0.15) is 6.54 Å². The van der Waals surface area contributed by atoms with Gasteiger partial charge in [0.05, 0.1) is 17.7 Å². The van der Waals surface area contributed by atoms with Gasteiger partial charge in [-0.15, -0.1) is 11.3 Å². The molecule has 2 N–H and O–H groups in total. The molecule has 1 aromatic rings. The number of carbonyl (C=O) groups excluding carboxylic acids is 1. The summed E-state index contributed by atoms with van der Waals surface area (Å²) in [6.45, 7) is 5.53. The molecule has 0 saturated carbocycles. The number of aliphatic imine (C=N–C) groups is 1. The van der Waals surface area contributed by atoms with Gasteiger partial charge in [-0.3, -0.25) is 4.79 Å². The van der Waals surface area contributed by atoms with Gasteiger partial charge in [0, 0.05) is 25.5 Å². The number of aryl methyl sites for hydroxylation is 1. The molecule has 1 heterocycles. The summed E-state index contributed by atoms with van der Waals surface area (Å²) in [5, 5.41) is 6.31. The number of aromatic nitrogens is 1. The third kappa shape index (κ3) is 5.25. The van der Waals surface area contributed by atoms with Crippen molar-refractivity contribution in [1.82, 2.24) is 20.5 Å². The number of amides is 1. The molecule has 6 nitrogen and oxygen atoms in total. The van der Waals surface area contributed by atoms with Crippen LogP contribution in [0.15, 0.2) is 10.5 Å². The Hall–Kier alpha value is -1.63. The first kappa shape index (κ1) is 15.4. The van der Waals surface area contributed by atoms with Crippen molar-refractivity contribution in [2.45, 2.75) is 20.4 Å². The van der Waals surface area contributed by atoms with E-state index in [0.717, 1.165) is 12.2 Å². The van der Waals surface area contributed by atoms with Crippen LogP contribution in [0.4, 0.5) is 0 Å². The number of guanidine groups is 1. The van der Waals surface area contributed by atoms with Crippen molar-refractivity contribution in [3.05, 3.63) is 16.1 Å². The molecule has 0 saturated heterocycles. The van der Waals surface area contributed by atoms with Crippen molar-refractivity contribution in [2.75, 3.05) is 27.2 Å². The Morgan fingerprint density at radius 2 is 2.21 bits per heavy atom. The van der Waals surface area contributed by atoms with E-state index in [1.807, 2.05) is 19.4 Å². The summed E-state index contributed by atoms with van der Waals surface area (Å²) in [5.41, 5.74) is 2.85. The van der Waals surface area contributed by atoms with Gasteiger partial charge in [0.2, 0.25) is 5.91 Å².